The number of likely N-dealkylation sites (tertiary alicyclic amines) is 1. The number of hydrogen-bond donors (Lipinski definition) is 1. The number of carbonyl (C=O) groups excluding carboxylic acids is 3. The van der Waals surface area contributed by atoms with Crippen molar-refractivity contribution >= 4 is 17.8 Å². The second-order valence-corrected chi connectivity index (χ2v) is 10.5. The fourth-order valence-corrected chi connectivity index (χ4v) is 5.79. The SMILES string of the molecule is CN1C(=O)N[C@@H](c2cccc(Oc3ccccc3)c2)C2=C1CN([C@@H](Cc1ccccc1)C(=O)N1CCCC1)C2=O. The van der Waals surface area contributed by atoms with Crippen LogP contribution in [-0.2, 0) is 16.0 Å². The van der Waals surface area contributed by atoms with E-state index in [9.17, 15) is 14.4 Å². The molecule has 0 spiro atoms. The van der Waals surface area contributed by atoms with Crippen molar-refractivity contribution in [2.45, 2.75) is 31.3 Å². The number of rotatable bonds is 7. The van der Waals surface area contributed by atoms with E-state index in [0.29, 0.717) is 42.3 Å². The molecule has 3 aliphatic heterocycles. The number of benzene rings is 3. The Hall–Kier alpha value is -4.59. The van der Waals surface area contributed by atoms with Crippen LogP contribution >= 0.6 is 0 Å². The fraction of sp³-hybridized carbons (Fsp3) is 0.281. The third-order valence-corrected chi connectivity index (χ3v) is 7.91. The number of urea groups is 1. The number of ether oxygens (including phenoxy) is 1. The monoisotopic (exact) mass is 536 g/mol. The summed E-state index contributed by atoms with van der Waals surface area (Å²) in [6.45, 7) is 1.61. The molecule has 204 valence electrons. The highest BCUT2D eigenvalue weighted by Gasteiger charge is 2.47. The largest absolute Gasteiger partial charge is 0.457 e. The molecule has 3 aromatic rings. The van der Waals surface area contributed by atoms with Crippen molar-refractivity contribution in [3.05, 3.63) is 107 Å². The summed E-state index contributed by atoms with van der Waals surface area (Å²) < 4.78 is 6.03. The predicted octanol–water partition coefficient (Wildman–Crippen LogP) is 4.51. The first-order valence-electron chi connectivity index (χ1n) is 13.7. The lowest BCUT2D eigenvalue weighted by molar-refractivity contribution is -0.142. The first-order chi connectivity index (χ1) is 19.5. The molecule has 40 heavy (non-hydrogen) atoms. The molecule has 1 saturated heterocycles. The molecule has 0 aromatic heterocycles. The van der Waals surface area contributed by atoms with Crippen molar-refractivity contribution in [1.29, 1.82) is 0 Å². The number of nitrogens with one attached hydrogen (secondary N) is 1. The van der Waals surface area contributed by atoms with Crippen molar-refractivity contribution in [3.63, 3.8) is 0 Å². The van der Waals surface area contributed by atoms with Crippen LogP contribution in [0.5, 0.6) is 11.5 Å². The first kappa shape index (κ1) is 25.7. The zero-order valence-electron chi connectivity index (χ0n) is 22.5. The maximum atomic E-state index is 14.2. The highest BCUT2D eigenvalue weighted by molar-refractivity contribution is 6.03. The Balaban J connectivity index is 1.32. The summed E-state index contributed by atoms with van der Waals surface area (Å²) in [6, 6.07) is 25.1. The average molecular weight is 537 g/mol. The van der Waals surface area contributed by atoms with Gasteiger partial charge in [-0.15, -0.1) is 0 Å². The maximum Gasteiger partial charge on any atom is 0.322 e. The van der Waals surface area contributed by atoms with Gasteiger partial charge in [-0.25, -0.2) is 4.79 Å². The van der Waals surface area contributed by atoms with E-state index in [1.54, 1.807) is 11.9 Å². The molecule has 0 aliphatic carbocycles. The molecule has 8 nitrogen and oxygen atoms in total. The molecule has 6 rings (SSSR count). The van der Waals surface area contributed by atoms with Crippen LogP contribution in [0.4, 0.5) is 4.79 Å². The van der Waals surface area contributed by atoms with Gasteiger partial charge in [0.05, 0.1) is 23.9 Å². The van der Waals surface area contributed by atoms with Crippen LogP contribution in [0.25, 0.3) is 0 Å². The maximum absolute atomic E-state index is 14.2. The van der Waals surface area contributed by atoms with Gasteiger partial charge in [0, 0.05) is 26.6 Å². The van der Waals surface area contributed by atoms with Crippen LogP contribution in [0, 0.1) is 0 Å². The summed E-state index contributed by atoms with van der Waals surface area (Å²) in [4.78, 5) is 46.1. The third-order valence-electron chi connectivity index (χ3n) is 7.91. The molecule has 4 amide bonds. The van der Waals surface area contributed by atoms with E-state index in [0.717, 1.165) is 24.0 Å². The minimum absolute atomic E-state index is 0.0358. The van der Waals surface area contributed by atoms with Gasteiger partial charge in [0.15, 0.2) is 0 Å². The van der Waals surface area contributed by atoms with Crippen molar-refractivity contribution < 1.29 is 19.1 Å². The van der Waals surface area contributed by atoms with Crippen LogP contribution in [0.3, 0.4) is 0 Å². The molecule has 2 atom stereocenters. The number of carbonyl (C=O) groups is 3. The van der Waals surface area contributed by atoms with Gasteiger partial charge in [-0.05, 0) is 48.2 Å². The topological polar surface area (TPSA) is 82.2 Å². The lowest BCUT2D eigenvalue weighted by Crippen LogP contribution is -2.50. The zero-order chi connectivity index (χ0) is 27.6. The Kier molecular flexibility index (Phi) is 6.99. The molecule has 1 fully saturated rings. The molecular weight excluding hydrogens is 504 g/mol. The van der Waals surface area contributed by atoms with Gasteiger partial charge < -0.3 is 19.9 Å². The standard InChI is InChI=1S/C32H32N4O4/c1-34-27-21-36(26(19-22-11-4-2-5-12-22)30(37)35-17-8-9-18-35)31(38)28(27)29(33-32(34)39)23-13-10-16-25(20-23)40-24-14-6-3-7-15-24/h2-7,10-16,20,26,29H,8-9,17-19,21H2,1H3,(H,33,39)/t26-,29-/m0/s1. The second-order valence-electron chi connectivity index (χ2n) is 10.5. The summed E-state index contributed by atoms with van der Waals surface area (Å²) in [5, 5.41) is 3.00. The normalized spacial score (nSPS) is 19.5. The van der Waals surface area contributed by atoms with Crippen LogP contribution in [0.2, 0.25) is 0 Å². The Bertz CT molecular complexity index is 1450. The number of likely N-dealkylation sites (N-methyl/N-ethyl adjacent to an activating group) is 1. The van der Waals surface area contributed by atoms with Crippen LogP contribution in [0.15, 0.2) is 96.2 Å². The van der Waals surface area contributed by atoms with Crippen LogP contribution < -0.4 is 10.1 Å². The minimum Gasteiger partial charge on any atom is -0.457 e. The van der Waals surface area contributed by atoms with Crippen molar-refractivity contribution in [2.75, 3.05) is 26.7 Å². The van der Waals surface area contributed by atoms with Gasteiger partial charge in [-0.2, -0.15) is 0 Å². The number of amides is 4. The third kappa shape index (κ3) is 4.93. The molecule has 0 unspecified atom stereocenters. The Morgan fingerprint density at radius 3 is 2.33 bits per heavy atom. The van der Waals surface area contributed by atoms with E-state index in [2.05, 4.69) is 5.32 Å². The van der Waals surface area contributed by atoms with E-state index < -0.39 is 12.1 Å². The molecule has 1 N–H and O–H groups in total. The van der Waals surface area contributed by atoms with E-state index in [1.807, 2.05) is 89.8 Å². The quantitative estimate of drug-likeness (QED) is 0.482. The molecule has 3 aliphatic rings. The number of nitrogens with zero attached hydrogens (tertiary/aromatic N) is 3. The van der Waals surface area contributed by atoms with Gasteiger partial charge >= 0.3 is 6.03 Å². The summed E-state index contributed by atoms with van der Waals surface area (Å²) in [5.41, 5.74) is 2.84. The highest BCUT2D eigenvalue weighted by Crippen LogP contribution is 2.38. The molecule has 3 heterocycles. The molecule has 8 heteroatoms. The van der Waals surface area contributed by atoms with Gasteiger partial charge in [-0.3, -0.25) is 14.5 Å². The van der Waals surface area contributed by atoms with Crippen molar-refractivity contribution in [1.82, 2.24) is 20.0 Å². The van der Waals surface area contributed by atoms with E-state index >= 15 is 0 Å². The lowest BCUT2D eigenvalue weighted by Gasteiger charge is -2.31. The molecule has 0 radical (unpaired) electrons. The Labute approximate surface area is 233 Å². The second kappa shape index (κ2) is 10.9. The lowest BCUT2D eigenvalue weighted by atomic mass is 9.95. The zero-order valence-corrected chi connectivity index (χ0v) is 22.5. The minimum atomic E-state index is -0.658. The van der Waals surface area contributed by atoms with Crippen molar-refractivity contribution in [3.8, 4) is 11.5 Å². The number of para-hydroxylation sites is 1. The summed E-state index contributed by atoms with van der Waals surface area (Å²) in [6.07, 6.45) is 2.35. The Morgan fingerprint density at radius 2 is 1.60 bits per heavy atom. The average Bonchev–Trinajstić information content (AvgIpc) is 3.64. The first-order valence-corrected chi connectivity index (χ1v) is 13.7. The van der Waals surface area contributed by atoms with Gasteiger partial charge in [0.2, 0.25) is 5.91 Å². The van der Waals surface area contributed by atoms with Gasteiger partial charge in [-0.1, -0.05) is 60.7 Å². The molecule has 0 saturated carbocycles. The summed E-state index contributed by atoms with van der Waals surface area (Å²) >= 11 is 0. The van der Waals surface area contributed by atoms with Crippen LogP contribution in [0.1, 0.15) is 30.0 Å². The summed E-state index contributed by atoms with van der Waals surface area (Å²) in [5.74, 6) is 1.03. The van der Waals surface area contributed by atoms with E-state index in [-0.39, 0.29) is 24.4 Å². The van der Waals surface area contributed by atoms with Crippen LogP contribution in [-0.4, -0.2) is 65.3 Å². The molecular formula is C32H32N4O4. The number of hydrogen-bond acceptors (Lipinski definition) is 4. The van der Waals surface area contributed by atoms with Gasteiger partial charge in [0.1, 0.15) is 17.5 Å². The van der Waals surface area contributed by atoms with Crippen molar-refractivity contribution in [2.24, 2.45) is 0 Å². The highest BCUT2D eigenvalue weighted by atomic mass is 16.5. The van der Waals surface area contributed by atoms with E-state index in [1.165, 1.54) is 4.90 Å². The Morgan fingerprint density at radius 1 is 0.925 bits per heavy atom. The van der Waals surface area contributed by atoms with E-state index in [4.69, 9.17) is 4.74 Å². The summed E-state index contributed by atoms with van der Waals surface area (Å²) in [7, 11) is 1.67. The smallest absolute Gasteiger partial charge is 0.322 e. The van der Waals surface area contributed by atoms with Gasteiger partial charge in [0.25, 0.3) is 5.91 Å². The predicted molar refractivity (Wildman–Crippen MR) is 150 cm³/mol. The molecule has 3 aromatic carbocycles. The molecule has 0 bridgehead atoms. The fourth-order valence-electron chi connectivity index (χ4n) is 5.79.